The van der Waals surface area contributed by atoms with Crippen LogP contribution in [0.3, 0.4) is 0 Å². The fourth-order valence-electron chi connectivity index (χ4n) is 1.71. The van der Waals surface area contributed by atoms with Crippen LogP contribution in [-0.2, 0) is 17.9 Å². The zero-order chi connectivity index (χ0) is 14.8. The van der Waals surface area contributed by atoms with Gasteiger partial charge in [0.1, 0.15) is 22.3 Å². The summed E-state index contributed by atoms with van der Waals surface area (Å²) in [5.74, 6) is 0. The Kier molecular flexibility index (Phi) is 4.45. The molecule has 0 radical (unpaired) electrons. The highest BCUT2D eigenvalue weighted by Crippen LogP contribution is 2.17. The van der Waals surface area contributed by atoms with E-state index in [0.717, 1.165) is 23.9 Å². The molecule has 0 aliphatic carbocycles. The second-order valence-electron chi connectivity index (χ2n) is 5.63. The summed E-state index contributed by atoms with van der Waals surface area (Å²) in [6, 6.07) is 1.91. The molecule has 0 bridgehead atoms. The fraction of sp³-hybridized carbons (Fsp3) is 0.500. The highest BCUT2D eigenvalue weighted by molar-refractivity contribution is 7.91. The van der Waals surface area contributed by atoms with Gasteiger partial charge >= 0.3 is 0 Å². The predicted molar refractivity (Wildman–Crippen MR) is 83.3 cm³/mol. The average Bonchev–Trinajstić information content (AvgIpc) is 2.78. The Morgan fingerprint density at radius 1 is 1.40 bits per heavy atom. The summed E-state index contributed by atoms with van der Waals surface area (Å²) in [7, 11) is 0. The molecule has 2 aromatic rings. The van der Waals surface area contributed by atoms with E-state index in [1.165, 1.54) is 0 Å². The number of aromatic nitrogens is 3. The fourth-order valence-corrected chi connectivity index (χ4v) is 2.23. The molecule has 2 rings (SSSR count). The molecule has 1 unspecified atom stereocenters. The van der Waals surface area contributed by atoms with Crippen LogP contribution in [0.15, 0.2) is 22.9 Å². The molecule has 0 saturated carbocycles. The van der Waals surface area contributed by atoms with E-state index in [4.69, 9.17) is 0 Å². The maximum atomic E-state index is 11.9. The van der Waals surface area contributed by atoms with Crippen molar-refractivity contribution in [1.29, 1.82) is 0 Å². The van der Waals surface area contributed by atoms with Gasteiger partial charge in [-0.25, -0.2) is 0 Å². The molecule has 20 heavy (non-hydrogen) atoms. The summed E-state index contributed by atoms with van der Waals surface area (Å²) in [5, 5.41) is 5.36. The van der Waals surface area contributed by atoms with E-state index in [2.05, 4.69) is 21.4 Å². The molecule has 108 valence electrons. The number of aryl methyl sites for hydroxylation is 1. The molecule has 0 aliphatic rings. The first-order valence-corrected chi connectivity index (χ1v) is 7.80. The second kappa shape index (κ2) is 5.93. The van der Waals surface area contributed by atoms with Crippen LogP contribution in [0.25, 0.3) is 10.9 Å². The van der Waals surface area contributed by atoms with Crippen LogP contribution in [0.2, 0.25) is 0 Å². The topological polar surface area (TPSA) is 66.1 Å². The lowest BCUT2D eigenvalue weighted by molar-refractivity contribution is 0.562. The average molecular weight is 292 g/mol. The van der Waals surface area contributed by atoms with Gasteiger partial charge in [0, 0.05) is 11.9 Å². The van der Waals surface area contributed by atoms with Gasteiger partial charge in [0.25, 0.3) is 0 Å². The maximum Gasteiger partial charge on any atom is 0.144 e. The molecule has 0 fully saturated rings. The van der Waals surface area contributed by atoms with Crippen molar-refractivity contribution in [2.24, 2.45) is 4.40 Å². The van der Waals surface area contributed by atoms with Crippen LogP contribution >= 0.6 is 0 Å². The van der Waals surface area contributed by atoms with Crippen molar-refractivity contribution in [2.75, 3.05) is 0 Å². The monoisotopic (exact) mass is 292 g/mol. The van der Waals surface area contributed by atoms with Crippen LogP contribution in [-0.4, -0.2) is 30.3 Å². The van der Waals surface area contributed by atoms with Crippen LogP contribution < -0.4 is 0 Å². The molecule has 0 amide bonds. The molecule has 0 aliphatic heterocycles. The number of fused-ring (bicyclic) bond motifs is 1. The van der Waals surface area contributed by atoms with E-state index in [-0.39, 0.29) is 4.75 Å². The van der Waals surface area contributed by atoms with Gasteiger partial charge in [0.05, 0.1) is 23.6 Å². The molecular weight excluding hydrogens is 272 g/mol. The van der Waals surface area contributed by atoms with E-state index in [0.29, 0.717) is 5.69 Å². The number of rotatable bonds is 4. The van der Waals surface area contributed by atoms with Crippen LogP contribution in [0.4, 0.5) is 0 Å². The minimum absolute atomic E-state index is 0.355. The number of hydrogen-bond acceptors (Lipinski definition) is 4. The summed E-state index contributed by atoms with van der Waals surface area (Å²) in [6.07, 6.45) is 6.21. The second-order valence-corrected chi connectivity index (χ2v) is 7.57. The van der Waals surface area contributed by atoms with Crippen molar-refractivity contribution in [3.63, 3.8) is 0 Å². The van der Waals surface area contributed by atoms with E-state index in [1.54, 1.807) is 12.4 Å². The van der Waals surface area contributed by atoms with Crippen LogP contribution in [0.1, 0.15) is 39.8 Å². The molecular formula is C14H20N4OS. The molecule has 0 aromatic carbocycles. The first kappa shape index (κ1) is 15.0. The SMILES string of the molecule is CCCn1ncc2cc(/C=N/[S+]([O-])C(C)(C)C)ncc21. The van der Waals surface area contributed by atoms with Crippen LogP contribution in [0, 0.1) is 0 Å². The van der Waals surface area contributed by atoms with Gasteiger partial charge in [0.15, 0.2) is 0 Å². The lowest BCUT2D eigenvalue weighted by Crippen LogP contribution is -2.25. The van der Waals surface area contributed by atoms with Crippen LogP contribution in [0.5, 0.6) is 0 Å². The van der Waals surface area contributed by atoms with Gasteiger partial charge in [0.2, 0.25) is 0 Å². The molecule has 6 heteroatoms. The Bertz CT molecular complexity index is 615. The van der Waals surface area contributed by atoms with Gasteiger partial charge in [-0.3, -0.25) is 9.67 Å². The Morgan fingerprint density at radius 2 is 2.15 bits per heavy atom. The lowest BCUT2D eigenvalue weighted by Gasteiger charge is -2.17. The highest BCUT2D eigenvalue weighted by atomic mass is 32.2. The highest BCUT2D eigenvalue weighted by Gasteiger charge is 2.25. The Morgan fingerprint density at radius 3 is 2.80 bits per heavy atom. The van der Waals surface area contributed by atoms with E-state index in [9.17, 15) is 4.55 Å². The zero-order valence-corrected chi connectivity index (χ0v) is 13.1. The number of nitrogens with zero attached hydrogens (tertiary/aromatic N) is 4. The Balaban J connectivity index is 2.22. The van der Waals surface area contributed by atoms with E-state index >= 15 is 0 Å². The molecule has 0 spiro atoms. The van der Waals surface area contributed by atoms with Crippen molar-refractivity contribution in [3.05, 3.63) is 24.2 Å². The maximum absolute atomic E-state index is 11.9. The standard InChI is InChI=1S/C14H20N4OS/c1-5-6-18-13-10-15-12(7-11(13)8-16-18)9-17-20(19)14(2,3)4/h7-10H,5-6H2,1-4H3/b17-9+. The summed E-state index contributed by atoms with van der Waals surface area (Å²) in [6.45, 7) is 8.68. The largest absolute Gasteiger partial charge is 0.591 e. The van der Waals surface area contributed by atoms with Crippen molar-refractivity contribution in [3.8, 4) is 0 Å². The van der Waals surface area contributed by atoms with Crippen molar-refractivity contribution >= 4 is 28.5 Å². The minimum Gasteiger partial charge on any atom is -0.591 e. The van der Waals surface area contributed by atoms with Gasteiger partial charge < -0.3 is 4.55 Å². The summed E-state index contributed by atoms with van der Waals surface area (Å²) in [5.41, 5.74) is 1.71. The first-order chi connectivity index (χ1) is 9.41. The molecule has 2 aromatic heterocycles. The molecule has 0 saturated heterocycles. The third-order valence-electron chi connectivity index (χ3n) is 2.79. The first-order valence-electron chi connectivity index (χ1n) is 6.69. The molecule has 1 atom stereocenters. The molecule has 0 N–H and O–H groups in total. The quantitative estimate of drug-likeness (QED) is 0.643. The Labute approximate surface area is 122 Å². The van der Waals surface area contributed by atoms with E-state index < -0.39 is 11.4 Å². The Hall–Kier alpha value is -1.40. The smallest absolute Gasteiger partial charge is 0.144 e. The normalized spacial score (nSPS) is 14.2. The zero-order valence-electron chi connectivity index (χ0n) is 12.3. The lowest BCUT2D eigenvalue weighted by atomic mass is 10.3. The summed E-state index contributed by atoms with van der Waals surface area (Å²) in [4.78, 5) is 4.33. The van der Waals surface area contributed by atoms with Crippen molar-refractivity contribution in [2.45, 2.75) is 45.4 Å². The van der Waals surface area contributed by atoms with Crippen molar-refractivity contribution < 1.29 is 4.55 Å². The van der Waals surface area contributed by atoms with Gasteiger partial charge in [-0.05, 0) is 33.3 Å². The molecule has 5 nitrogen and oxygen atoms in total. The third kappa shape index (κ3) is 3.37. The third-order valence-corrected chi connectivity index (χ3v) is 4.13. The van der Waals surface area contributed by atoms with E-state index in [1.807, 2.05) is 37.7 Å². The minimum atomic E-state index is -1.26. The number of pyridine rings is 1. The molecule has 2 heterocycles. The van der Waals surface area contributed by atoms with Crippen molar-refractivity contribution in [1.82, 2.24) is 14.8 Å². The number of hydrogen-bond donors (Lipinski definition) is 0. The summed E-state index contributed by atoms with van der Waals surface area (Å²) >= 11 is -1.26. The van der Waals surface area contributed by atoms with Gasteiger partial charge in [-0.2, -0.15) is 5.10 Å². The predicted octanol–water partition coefficient (Wildman–Crippen LogP) is 2.72. The summed E-state index contributed by atoms with van der Waals surface area (Å²) < 4.78 is 17.5. The van der Waals surface area contributed by atoms with Gasteiger partial charge in [-0.15, -0.1) is 0 Å². The van der Waals surface area contributed by atoms with Gasteiger partial charge in [-0.1, -0.05) is 11.3 Å².